The molecule has 0 bridgehead atoms. The summed E-state index contributed by atoms with van der Waals surface area (Å²) >= 11 is 0. The van der Waals surface area contributed by atoms with Crippen LogP contribution in [0.3, 0.4) is 0 Å². The molecule has 1 rings (SSSR count). The summed E-state index contributed by atoms with van der Waals surface area (Å²) in [6, 6.07) is 3.59. The molecule has 1 N–H and O–H groups in total. The number of hydrogen-bond donors (Lipinski definition) is 1. The summed E-state index contributed by atoms with van der Waals surface area (Å²) < 4.78 is 15.3. The van der Waals surface area contributed by atoms with E-state index in [4.69, 9.17) is 14.2 Å². The molecule has 1 heterocycles. The fraction of sp³-hybridized carbons (Fsp3) is 0.619. The molecule has 0 saturated carbocycles. The summed E-state index contributed by atoms with van der Waals surface area (Å²) in [5, 5.41) is 2.53. The number of alkyl carbamates (subject to hydrolysis) is 1. The SMILES string of the molecule is CCC(C)(C)C(=O)OCCNC(=O)OCCCCCC(=O)OCc1ccncc1. The predicted octanol–water partition coefficient (Wildman–Crippen LogP) is 3.39. The molecule has 8 nitrogen and oxygen atoms in total. The van der Waals surface area contributed by atoms with Crippen molar-refractivity contribution in [3.05, 3.63) is 30.1 Å². The van der Waals surface area contributed by atoms with E-state index in [1.54, 1.807) is 24.5 Å². The van der Waals surface area contributed by atoms with Gasteiger partial charge in [-0.15, -0.1) is 0 Å². The maximum absolute atomic E-state index is 11.8. The summed E-state index contributed by atoms with van der Waals surface area (Å²) in [5.74, 6) is -0.532. The number of esters is 2. The van der Waals surface area contributed by atoms with Gasteiger partial charge in [0, 0.05) is 18.8 Å². The smallest absolute Gasteiger partial charge is 0.407 e. The summed E-state index contributed by atoms with van der Waals surface area (Å²) in [7, 11) is 0. The zero-order valence-electron chi connectivity index (χ0n) is 17.6. The lowest BCUT2D eigenvalue weighted by atomic mass is 9.91. The molecule has 29 heavy (non-hydrogen) atoms. The minimum absolute atomic E-state index is 0.110. The van der Waals surface area contributed by atoms with Crippen molar-refractivity contribution < 1.29 is 28.6 Å². The number of unbranched alkanes of at least 4 members (excludes halogenated alkanes) is 2. The molecule has 0 saturated heterocycles. The number of aromatic nitrogens is 1. The third-order valence-electron chi connectivity index (χ3n) is 4.45. The second kappa shape index (κ2) is 13.5. The highest BCUT2D eigenvalue weighted by Gasteiger charge is 2.26. The summed E-state index contributed by atoms with van der Waals surface area (Å²) in [6.45, 7) is 6.38. The van der Waals surface area contributed by atoms with Crippen LogP contribution in [0.2, 0.25) is 0 Å². The Morgan fingerprint density at radius 2 is 1.72 bits per heavy atom. The van der Waals surface area contributed by atoms with Crippen LogP contribution in [0, 0.1) is 5.41 Å². The molecule has 0 aliphatic heterocycles. The Morgan fingerprint density at radius 1 is 1.00 bits per heavy atom. The number of carbonyl (C=O) groups is 3. The average molecular weight is 408 g/mol. The standard InChI is InChI=1S/C21H32N2O6/c1-4-21(2,3)19(25)27-15-13-23-20(26)28-14-7-5-6-8-18(24)29-16-17-9-11-22-12-10-17/h9-12H,4-8,13-16H2,1-3H3,(H,23,26). The van der Waals surface area contributed by atoms with E-state index in [1.165, 1.54) is 0 Å². The zero-order valence-corrected chi connectivity index (χ0v) is 17.6. The molecule has 0 radical (unpaired) electrons. The molecular weight excluding hydrogens is 376 g/mol. The normalized spacial score (nSPS) is 10.9. The number of carbonyl (C=O) groups excluding carboxylic acids is 3. The Balaban J connectivity index is 1.97. The van der Waals surface area contributed by atoms with Gasteiger partial charge in [-0.3, -0.25) is 14.6 Å². The third-order valence-corrected chi connectivity index (χ3v) is 4.45. The van der Waals surface area contributed by atoms with Crippen molar-refractivity contribution in [2.45, 2.75) is 59.5 Å². The van der Waals surface area contributed by atoms with E-state index in [1.807, 2.05) is 20.8 Å². The first kappa shape index (κ1) is 24.4. The van der Waals surface area contributed by atoms with Crippen LogP contribution in [-0.4, -0.2) is 42.8 Å². The average Bonchev–Trinajstić information content (AvgIpc) is 2.72. The van der Waals surface area contributed by atoms with Crippen LogP contribution in [-0.2, 0) is 30.4 Å². The van der Waals surface area contributed by atoms with Crippen molar-refractivity contribution in [1.29, 1.82) is 0 Å². The largest absolute Gasteiger partial charge is 0.463 e. The molecule has 1 aromatic heterocycles. The number of nitrogens with one attached hydrogen (secondary N) is 1. The Labute approximate surface area is 172 Å². The van der Waals surface area contributed by atoms with Crippen LogP contribution in [0.15, 0.2) is 24.5 Å². The molecule has 0 aliphatic carbocycles. The van der Waals surface area contributed by atoms with Gasteiger partial charge < -0.3 is 19.5 Å². The number of hydrogen-bond acceptors (Lipinski definition) is 7. The molecule has 162 valence electrons. The van der Waals surface area contributed by atoms with E-state index in [9.17, 15) is 14.4 Å². The molecule has 0 unspecified atom stereocenters. The number of pyridine rings is 1. The minimum atomic E-state index is -0.549. The van der Waals surface area contributed by atoms with E-state index < -0.39 is 11.5 Å². The molecule has 0 aromatic carbocycles. The Kier molecular flexibility index (Phi) is 11.4. The van der Waals surface area contributed by atoms with Gasteiger partial charge >= 0.3 is 18.0 Å². The topological polar surface area (TPSA) is 104 Å². The molecule has 1 amide bonds. The first-order valence-electron chi connectivity index (χ1n) is 9.97. The molecule has 0 atom stereocenters. The summed E-state index contributed by atoms with van der Waals surface area (Å²) in [6.07, 6.45) is 5.85. The van der Waals surface area contributed by atoms with Crippen molar-refractivity contribution in [3.63, 3.8) is 0 Å². The third kappa shape index (κ3) is 11.1. The highest BCUT2D eigenvalue weighted by molar-refractivity contribution is 5.75. The van der Waals surface area contributed by atoms with Gasteiger partial charge in [-0.2, -0.15) is 0 Å². The zero-order chi connectivity index (χ0) is 21.5. The molecule has 0 spiro atoms. The van der Waals surface area contributed by atoms with E-state index in [0.29, 0.717) is 25.7 Å². The van der Waals surface area contributed by atoms with Gasteiger partial charge in [-0.1, -0.05) is 6.92 Å². The number of nitrogens with zero attached hydrogens (tertiary/aromatic N) is 1. The monoisotopic (exact) mass is 408 g/mol. The van der Waals surface area contributed by atoms with E-state index >= 15 is 0 Å². The lowest BCUT2D eigenvalue weighted by Crippen LogP contribution is -2.32. The first-order valence-corrected chi connectivity index (χ1v) is 9.97. The van der Waals surface area contributed by atoms with Crippen LogP contribution in [0.5, 0.6) is 0 Å². The van der Waals surface area contributed by atoms with Crippen molar-refractivity contribution >= 4 is 18.0 Å². The first-order chi connectivity index (χ1) is 13.8. The van der Waals surface area contributed by atoms with Gasteiger partial charge in [0.1, 0.15) is 13.2 Å². The van der Waals surface area contributed by atoms with Crippen molar-refractivity contribution in [2.24, 2.45) is 5.41 Å². The lowest BCUT2D eigenvalue weighted by Gasteiger charge is -2.20. The van der Waals surface area contributed by atoms with Gasteiger partial charge in [0.25, 0.3) is 0 Å². The fourth-order valence-corrected chi connectivity index (χ4v) is 2.12. The van der Waals surface area contributed by atoms with Gasteiger partial charge in [0.05, 0.1) is 18.6 Å². The predicted molar refractivity (Wildman–Crippen MR) is 107 cm³/mol. The number of rotatable bonds is 13. The van der Waals surface area contributed by atoms with Crippen molar-refractivity contribution in [1.82, 2.24) is 10.3 Å². The quantitative estimate of drug-likeness (QED) is 0.303. The van der Waals surface area contributed by atoms with Gasteiger partial charge in [0.15, 0.2) is 0 Å². The maximum atomic E-state index is 11.8. The molecule has 8 heteroatoms. The fourth-order valence-electron chi connectivity index (χ4n) is 2.12. The Bertz CT molecular complexity index is 633. The van der Waals surface area contributed by atoms with Crippen LogP contribution < -0.4 is 5.32 Å². The highest BCUT2D eigenvalue weighted by Crippen LogP contribution is 2.21. The van der Waals surface area contributed by atoms with Gasteiger partial charge in [0.2, 0.25) is 0 Å². The van der Waals surface area contributed by atoms with Crippen molar-refractivity contribution in [2.75, 3.05) is 19.8 Å². The van der Waals surface area contributed by atoms with E-state index in [2.05, 4.69) is 10.3 Å². The summed E-state index contributed by atoms with van der Waals surface area (Å²) in [4.78, 5) is 38.9. The van der Waals surface area contributed by atoms with Crippen LogP contribution in [0.4, 0.5) is 4.79 Å². The Morgan fingerprint density at radius 3 is 2.41 bits per heavy atom. The summed E-state index contributed by atoms with van der Waals surface area (Å²) in [5.41, 5.74) is 0.378. The molecule has 0 aliphatic rings. The minimum Gasteiger partial charge on any atom is -0.463 e. The highest BCUT2D eigenvalue weighted by atomic mass is 16.6. The van der Waals surface area contributed by atoms with Crippen molar-refractivity contribution in [3.8, 4) is 0 Å². The maximum Gasteiger partial charge on any atom is 0.407 e. The molecular formula is C21H32N2O6. The second-order valence-electron chi connectivity index (χ2n) is 7.26. The van der Waals surface area contributed by atoms with E-state index in [-0.39, 0.29) is 38.3 Å². The van der Waals surface area contributed by atoms with Crippen LogP contribution in [0.25, 0.3) is 0 Å². The Hall–Kier alpha value is -2.64. The van der Waals surface area contributed by atoms with E-state index in [0.717, 1.165) is 12.0 Å². The number of ether oxygens (including phenoxy) is 3. The second-order valence-corrected chi connectivity index (χ2v) is 7.26. The van der Waals surface area contributed by atoms with Gasteiger partial charge in [-0.05, 0) is 57.2 Å². The van der Waals surface area contributed by atoms with Crippen LogP contribution >= 0.6 is 0 Å². The lowest BCUT2D eigenvalue weighted by molar-refractivity contribution is -0.154. The van der Waals surface area contributed by atoms with Gasteiger partial charge in [-0.25, -0.2) is 4.79 Å². The molecule has 0 fully saturated rings. The van der Waals surface area contributed by atoms with Crippen LogP contribution in [0.1, 0.15) is 58.4 Å². The number of amides is 1. The molecule has 1 aromatic rings.